The molecule has 2 amide bonds. The summed E-state index contributed by atoms with van der Waals surface area (Å²) in [5.74, 6) is 2.63. The normalized spacial score (nSPS) is 11.6. The second kappa shape index (κ2) is 14.5. The van der Waals surface area contributed by atoms with Gasteiger partial charge in [-0.1, -0.05) is 23.9 Å². The van der Waals surface area contributed by atoms with Crippen LogP contribution in [0.5, 0.6) is 11.5 Å². The van der Waals surface area contributed by atoms with Crippen molar-refractivity contribution in [3.05, 3.63) is 59.9 Å². The molecule has 0 saturated heterocycles. The zero-order chi connectivity index (χ0) is 26.6. The van der Waals surface area contributed by atoms with E-state index < -0.39 is 0 Å². The Hall–Kier alpha value is -3.18. The Balaban J connectivity index is 1.70. The molecule has 198 valence electrons. The van der Waals surface area contributed by atoms with Crippen LogP contribution in [0.4, 0.5) is 5.69 Å². The summed E-state index contributed by atoms with van der Waals surface area (Å²) in [5, 5.41) is 15.4. The topological polar surface area (TPSA) is 107 Å². The lowest BCUT2D eigenvalue weighted by Gasteiger charge is -2.19. The fourth-order valence-electron chi connectivity index (χ4n) is 3.61. The number of aromatic nitrogens is 3. The van der Waals surface area contributed by atoms with Crippen LogP contribution in [0.25, 0.3) is 0 Å². The molecule has 0 bridgehead atoms. The molecule has 2 aromatic carbocycles. The Morgan fingerprint density at radius 2 is 1.84 bits per heavy atom. The van der Waals surface area contributed by atoms with Crippen molar-refractivity contribution in [3.8, 4) is 11.5 Å². The van der Waals surface area contributed by atoms with Crippen LogP contribution in [-0.2, 0) is 11.3 Å². The first kappa shape index (κ1) is 28.4. The van der Waals surface area contributed by atoms with E-state index in [4.69, 9.17) is 9.47 Å². The van der Waals surface area contributed by atoms with Gasteiger partial charge in [-0.15, -0.1) is 10.2 Å². The van der Waals surface area contributed by atoms with E-state index in [1.807, 2.05) is 48.9 Å². The number of carbonyl (C=O) groups excluding carboxylic acids is 2. The van der Waals surface area contributed by atoms with Gasteiger partial charge < -0.3 is 24.7 Å². The number of carbonyl (C=O) groups is 2. The molecule has 0 aliphatic heterocycles. The fraction of sp³-hybridized carbons (Fsp3) is 0.385. The molecule has 37 heavy (non-hydrogen) atoms. The van der Waals surface area contributed by atoms with E-state index >= 15 is 0 Å². The largest absolute Gasteiger partial charge is 0.497 e. The molecule has 1 aromatic heterocycles. The minimum atomic E-state index is -0.323. The molecular weight excluding hydrogens is 510 g/mol. The third-order valence-electron chi connectivity index (χ3n) is 5.43. The number of methoxy groups -OCH3 is 1. The van der Waals surface area contributed by atoms with Gasteiger partial charge in [0.1, 0.15) is 11.5 Å². The highest BCUT2D eigenvalue weighted by Gasteiger charge is 2.23. The van der Waals surface area contributed by atoms with E-state index in [1.54, 1.807) is 43.1 Å². The maximum atomic E-state index is 13.0. The van der Waals surface area contributed by atoms with E-state index in [0.29, 0.717) is 53.3 Å². The molecular formula is C26H33N5O4S2. The van der Waals surface area contributed by atoms with Crippen LogP contribution in [0.1, 0.15) is 42.5 Å². The Kier molecular flexibility index (Phi) is 11.2. The third kappa shape index (κ3) is 7.90. The summed E-state index contributed by atoms with van der Waals surface area (Å²) in [4.78, 5) is 25.6. The quantitative estimate of drug-likeness (QED) is 0.283. The highest BCUT2D eigenvalue weighted by atomic mass is 32.2. The Labute approximate surface area is 226 Å². The van der Waals surface area contributed by atoms with Gasteiger partial charge in [0.05, 0.1) is 31.2 Å². The highest BCUT2D eigenvalue weighted by molar-refractivity contribution is 7.99. The van der Waals surface area contributed by atoms with Gasteiger partial charge in [0.15, 0.2) is 11.0 Å². The molecule has 0 aliphatic carbocycles. The minimum absolute atomic E-state index is 0.159. The predicted octanol–water partition coefficient (Wildman–Crippen LogP) is 4.66. The predicted molar refractivity (Wildman–Crippen MR) is 149 cm³/mol. The van der Waals surface area contributed by atoms with E-state index in [9.17, 15) is 9.59 Å². The van der Waals surface area contributed by atoms with Crippen molar-refractivity contribution >= 4 is 41.0 Å². The van der Waals surface area contributed by atoms with E-state index in [2.05, 4.69) is 20.8 Å². The molecule has 1 atom stereocenters. The Bertz CT molecular complexity index is 1170. The molecule has 0 aliphatic rings. The number of thioether (sulfide) groups is 2. The molecule has 1 heterocycles. The van der Waals surface area contributed by atoms with Crippen molar-refractivity contribution in [2.45, 2.75) is 38.0 Å². The van der Waals surface area contributed by atoms with Gasteiger partial charge in [-0.3, -0.25) is 9.59 Å². The summed E-state index contributed by atoms with van der Waals surface area (Å²) in [6.07, 6.45) is 2.72. The number of rotatable bonds is 14. The summed E-state index contributed by atoms with van der Waals surface area (Å²) >= 11 is 3.00. The molecule has 3 aromatic rings. The first-order valence-corrected chi connectivity index (χ1v) is 14.4. The third-order valence-corrected chi connectivity index (χ3v) is 7.05. The van der Waals surface area contributed by atoms with E-state index in [1.165, 1.54) is 11.8 Å². The van der Waals surface area contributed by atoms with Gasteiger partial charge in [0, 0.05) is 12.1 Å². The van der Waals surface area contributed by atoms with E-state index in [0.717, 1.165) is 5.75 Å². The maximum Gasteiger partial charge on any atom is 0.251 e. The average Bonchev–Trinajstić information content (AvgIpc) is 3.33. The zero-order valence-corrected chi connectivity index (χ0v) is 23.2. The summed E-state index contributed by atoms with van der Waals surface area (Å²) in [7, 11) is 1.59. The molecule has 2 N–H and O–H groups in total. The van der Waals surface area contributed by atoms with Gasteiger partial charge in [-0.25, -0.2) is 0 Å². The first-order chi connectivity index (χ1) is 18.0. The molecule has 0 spiro atoms. The monoisotopic (exact) mass is 543 g/mol. The molecule has 0 saturated carbocycles. The lowest BCUT2D eigenvalue weighted by Crippen LogP contribution is -2.31. The van der Waals surface area contributed by atoms with E-state index in [-0.39, 0.29) is 23.6 Å². The van der Waals surface area contributed by atoms with Crippen molar-refractivity contribution < 1.29 is 19.1 Å². The van der Waals surface area contributed by atoms with Gasteiger partial charge in [0.25, 0.3) is 5.91 Å². The van der Waals surface area contributed by atoms with Crippen LogP contribution < -0.4 is 20.1 Å². The smallest absolute Gasteiger partial charge is 0.251 e. The molecule has 11 heteroatoms. The van der Waals surface area contributed by atoms with Crippen LogP contribution in [0, 0.1) is 0 Å². The molecule has 3 rings (SSSR count). The van der Waals surface area contributed by atoms with Crippen LogP contribution in [0.3, 0.4) is 0 Å². The highest BCUT2D eigenvalue weighted by Crippen LogP contribution is 2.26. The number of hydrogen-bond acceptors (Lipinski definition) is 8. The number of ether oxygens (including phenoxy) is 2. The van der Waals surface area contributed by atoms with Gasteiger partial charge in [-0.2, -0.15) is 11.8 Å². The lowest BCUT2D eigenvalue weighted by molar-refractivity contribution is -0.113. The second-order valence-corrected chi connectivity index (χ2v) is 9.82. The lowest BCUT2D eigenvalue weighted by atomic mass is 10.1. The van der Waals surface area contributed by atoms with Crippen LogP contribution in [-0.4, -0.2) is 58.1 Å². The molecule has 0 radical (unpaired) electrons. The molecule has 9 nitrogen and oxygen atoms in total. The number of nitrogens with zero attached hydrogens (tertiary/aromatic N) is 3. The van der Waals surface area contributed by atoms with Gasteiger partial charge in [-0.05, 0) is 68.7 Å². The van der Waals surface area contributed by atoms with Crippen molar-refractivity contribution in [2.75, 3.05) is 36.8 Å². The molecule has 0 fully saturated rings. The van der Waals surface area contributed by atoms with Crippen molar-refractivity contribution in [2.24, 2.45) is 0 Å². The number of amides is 2. The van der Waals surface area contributed by atoms with Crippen LogP contribution in [0.2, 0.25) is 0 Å². The van der Waals surface area contributed by atoms with Crippen molar-refractivity contribution in [3.63, 3.8) is 0 Å². The second-order valence-electron chi connectivity index (χ2n) is 7.89. The summed E-state index contributed by atoms with van der Waals surface area (Å²) in [6, 6.07) is 14.0. The average molecular weight is 544 g/mol. The SMILES string of the molecule is CCOc1ccccc1NC(=O)CSc1nnc([C@@H](CCSC)NC(=O)c2ccc(OC)cc2)n1CC. The summed E-state index contributed by atoms with van der Waals surface area (Å²) < 4.78 is 12.7. The number of benzene rings is 2. The molecule has 0 unspecified atom stereocenters. The van der Waals surface area contributed by atoms with Crippen molar-refractivity contribution in [1.29, 1.82) is 0 Å². The standard InChI is InChI=1S/C26H33N5O4S2/c1-5-31-24(21(15-16-36-4)28-25(33)18-11-13-19(34-3)14-12-18)29-30-26(31)37-17-23(32)27-20-9-7-8-10-22(20)35-6-2/h7-14,21H,5-6,15-17H2,1-4H3,(H,27,32)(H,28,33)/t21-/m1/s1. The zero-order valence-electron chi connectivity index (χ0n) is 21.5. The van der Waals surface area contributed by atoms with Crippen molar-refractivity contribution in [1.82, 2.24) is 20.1 Å². The Morgan fingerprint density at radius 1 is 1.08 bits per heavy atom. The number of para-hydroxylation sites is 2. The summed E-state index contributed by atoms with van der Waals surface area (Å²) in [6.45, 7) is 5.01. The number of hydrogen-bond donors (Lipinski definition) is 2. The first-order valence-electron chi connectivity index (χ1n) is 12.0. The van der Waals surface area contributed by atoms with Gasteiger partial charge in [0.2, 0.25) is 5.91 Å². The van der Waals surface area contributed by atoms with Crippen LogP contribution >= 0.6 is 23.5 Å². The van der Waals surface area contributed by atoms with Crippen LogP contribution in [0.15, 0.2) is 53.7 Å². The number of nitrogens with one attached hydrogen (secondary N) is 2. The summed E-state index contributed by atoms with van der Waals surface area (Å²) in [5.41, 5.74) is 1.17. The number of anilines is 1. The fourth-order valence-corrected chi connectivity index (χ4v) is 4.90. The van der Waals surface area contributed by atoms with Gasteiger partial charge >= 0.3 is 0 Å². The maximum absolute atomic E-state index is 13.0. The minimum Gasteiger partial charge on any atom is -0.497 e. The Morgan fingerprint density at radius 3 is 2.51 bits per heavy atom.